The van der Waals surface area contributed by atoms with Crippen LogP contribution in [0.1, 0.15) is 28.8 Å². The normalized spacial score (nSPS) is 19.5. The van der Waals surface area contributed by atoms with E-state index in [0.717, 1.165) is 10.6 Å². The van der Waals surface area contributed by atoms with Gasteiger partial charge in [0.1, 0.15) is 0 Å². The first-order chi connectivity index (χ1) is 8.08. The van der Waals surface area contributed by atoms with Gasteiger partial charge in [0.25, 0.3) is 5.91 Å². The first-order valence-corrected chi connectivity index (χ1v) is 5.37. The fourth-order valence-corrected chi connectivity index (χ4v) is 1.59. The Kier molecular flexibility index (Phi) is 3.10. The number of nitrogens with zero attached hydrogens (tertiary/aromatic N) is 1. The molecule has 5 nitrogen and oxygen atoms in total. The number of hydrogen-bond acceptors (Lipinski definition) is 4. The van der Waals surface area contributed by atoms with E-state index in [4.69, 9.17) is 4.84 Å². The van der Waals surface area contributed by atoms with Crippen LogP contribution in [0, 0.1) is 6.92 Å². The topological polar surface area (TPSA) is 66.8 Å². The van der Waals surface area contributed by atoms with Crippen LogP contribution >= 0.6 is 0 Å². The molecule has 0 bridgehead atoms. The van der Waals surface area contributed by atoms with Gasteiger partial charge in [-0.1, -0.05) is 17.7 Å². The number of aliphatic hydroxyl groups excluding tert-OH is 1. The zero-order valence-corrected chi connectivity index (χ0v) is 9.42. The van der Waals surface area contributed by atoms with Crippen LogP contribution in [0.3, 0.4) is 0 Å². The molecule has 0 spiro atoms. The molecule has 1 atom stereocenters. The maximum absolute atomic E-state index is 11.7. The molecule has 90 valence electrons. The van der Waals surface area contributed by atoms with Gasteiger partial charge in [0.15, 0.2) is 6.23 Å². The molecule has 1 aliphatic heterocycles. The molecule has 0 aliphatic carbocycles. The van der Waals surface area contributed by atoms with Crippen LogP contribution in [0.25, 0.3) is 0 Å². The highest BCUT2D eigenvalue weighted by molar-refractivity contribution is 5.90. The number of benzene rings is 1. The standard InChI is InChI=1S/C12H13NO4/c1-8-2-4-9(5-3-8)12(16)17-13-10(14)6-7-11(13)15/h2-5,10,14H,6-7H2,1H3. The van der Waals surface area contributed by atoms with Gasteiger partial charge in [0, 0.05) is 12.8 Å². The van der Waals surface area contributed by atoms with E-state index in [1.54, 1.807) is 24.3 Å². The van der Waals surface area contributed by atoms with E-state index in [2.05, 4.69) is 0 Å². The van der Waals surface area contributed by atoms with Crippen molar-refractivity contribution in [3.8, 4) is 0 Å². The highest BCUT2D eigenvalue weighted by atomic mass is 16.7. The minimum Gasteiger partial charge on any atom is -0.370 e. The molecule has 1 fully saturated rings. The maximum atomic E-state index is 11.7. The van der Waals surface area contributed by atoms with Crippen LogP contribution in [0.5, 0.6) is 0 Å². The Bertz CT molecular complexity index is 440. The molecular weight excluding hydrogens is 222 g/mol. The number of aryl methyl sites for hydroxylation is 1. The maximum Gasteiger partial charge on any atom is 0.363 e. The van der Waals surface area contributed by atoms with Crippen molar-refractivity contribution in [2.24, 2.45) is 0 Å². The fraction of sp³-hybridized carbons (Fsp3) is 0.333. The second-order valence-electron chi connectivity index (χ2n) is 3.98. The summed E-state index contributed by atoms with van der Waals surface area (Å²) in [5.41, 5.74) is 1.38. The summed E-state index contributed by atoms with van der Waals surface area (Å²) in [7, 11) is 0. The third kappa shape index (κ3) is 2.45. The quantitative estimate of drug-likeness (QED) is 0.830. The number of hydroxylamine groups is 2. The Morgan fingerprint density at radius 2 is 2.06 bits per heavy atom. The van der Waals surface area contributed by atoms with Crippen molar-refractivity contribution in [1.29, 1.82) is 0 Å². The van der Waals surface area contributed by atoms with Gasteiger partial charge in [0.2, 0.25) is 0 Å². The second-order valence-corrected chi connectivity index (χ2v) is 3.98. The molecule has 1 amide bonds. The van der Waals surface area contributed by atoms with E-state index in [-0.39, 0.29) is 12.3 Å². The highest BCUT2D eigenvalue weighted by Gasteiger charge is 2.33. The van der Waals surface area contributed by atoms with Gasteiger partial charge >= 0.3 is 5.97 Å². The fourth-order valence-electron chi connectivity index (χ4n) is 1.59. The molecule has 1 saturated heterocycles. The van der Waals surface area contributed by atoms with Crippen molar-refractivity contribution in [3.63, 3.8) is 0 Å². The molecule has 1 aromatic carbocycles. The number of rotatable bonds is 2. The molecule has 1 N–H and O–H groups in total. The first-order valence-electron chi connectivity index (χ1n) is 5.37. The SMILES string of the molecule is Cc1ccc(C(=O)ON2C(=O)CCC2O)cc1. The lowest BCUT2D eigenvalue weighted by atomic mass is 10.2. The molecule has 0 saturated carbocycles. The summed E-state index contributed by atoms with van der Waals surface area (Å²) in [5, 5.41) is 10.2. The number of carbonyl (C=O) groups excluding carboxylic acids is 2. The number of hydrogen-bond donors (Lipinski definition) is 1. The first kappa shape index (κ1) is 11.6. The van der Waals surface area contributed by atoms with Crippen LogP contribution in [0.2, 0.25) is 0 Å². The Morgan fingerprint density at radius 3 is 2.59 bits per heavy atom. The van der Waals surface area contributed by atoms with E-state index < -0.39 is 12.2 Å². The molecule has 17 heavy (non-hydrogen) atoms. The summed E-state index contributed by atoms with van der Waals surface area (Å²) in [6.07, 6.45) is -0.542. The zero-order valence-electron chi connectivity index (χ0n) is 9.42. The minimum atomic E-state index is -1.03. The van der Waals surface area contributed by atoms with Gasteiger partial charge in [-0.3, -0.25) is 4.79 Å². The summed E-state index contributed by atoms with van der Waals surface area (Å²) < 4.78 is 0. The Balaban J connectivity index is 2.06. The highest BCUT2D eigenvalue weighted by Crippen LogP contribution is 2.18. The van der Waals surface area contributed by atoms with Crippen LogP contribution in [0.15, 0.2) is 24.3 Å². The second kappa shape index (κ2) is 4.55. The lowest BCUT2D eigenvalue weighted by Crippen LogP contribution is -2.35. The molecular formula is C12H13NO4. The van der Waals surface area contributed by atoms with E-state index >= 15 is 0 Å². The average Bonchev–Trinajstić information content (AvgIpc) is 2.61. The molecule has 0 aromatic heterocycles. The minimum absolute atomic E-state index is 0.197. The molecule has 1 aliphatic rings. The summed E-state index contributed by atoms with van der Waals surface area (Å²) >= 11 is 0. The van der Waals surface area contributed by atoms with Crippen molar-refractivity contribution >= 4 is 11.9 Å². The van der Waals surface area contributed by atoms with Gasteiger partial charge < -0.3 is 9.94 Å². The van der Waals surface area contributed by atoms with Gasteiger partial charge in [-0.15, -0.1) is 5.06 Å². The van der Waals surface area contributed by atoms with E-state index in [0.29, 0.717) is 12.0 Å². The van der Waals surface area contributed by atoms with Crippen LogP contribution in [-0.2, 0) is 9.63 Å². The molecule has 5 heteroatoms. The molecule has 2 rings (SSSR count). The van der Waals surface area contributed by atoms with E-state index in [1.807, 2.05) is 6.92 Å². The lowest BCUT2D eigenvalue weighted by molar-refractivity contribution is -0.191. The molecule has 1 heterocycles. The summed E-state index contributed by atoms with van der Waals surface area (Å²) in [5.74, 6) is -1.02. The third-order valence-electron chi connectivity index (χ3n) is 2.60. The van der Waals surface area contributed by atoms with Crippen molar-refractivity contribution in [2.75, 3.05) is 0 Å². The summed E-state index contributed by atoms with van der Waals surface area (Å²) in [4.78, 5) is 27.8. The molecule has 1 unspecified atom stereocenters. The Hall–Kier alpha value is -1.88. The number of carbonyl (C=O) groups is 2. The van der Waals surface area contributed by atoms with Crippen LogP contribution in [0.4, 0.5) is 0 Å². The van der Waals surface area contributed by atoms with Gasteiger partial charge in [-0.2, -0.15) is 0 Å². The predicted molar refractivity (Wildman–Crippen MR) is 58.7 cm³/mol. The largest absolute Gasteiger partial charge is 0.370 e. The summed E-state index contributed by atoms with van der Waals surface area (Å²) in [6.45, 7) is 1.91. The van der Waals surface area contributed by atoms with Gasteiger partial charge in [0.05, 0.1) is 5.56 Å². The molecule has 0 radical (unpaired) electrons. The Morgan fingerprint density at radius 1 is 1.41 bits per heavy atom. The van der Waals surface area contributed by atoms with Crippen molar-refractivity contribution in [3.05, 3.63) is 35.4 Å². The number of amides is 1. The van der Waals surface area contributed by atoms with Crippen molar-refractivity contribution in [1.82, 2.24) is 5.06 Å². The average molecular weight is 235 g/mol. The Labute approximate surface area is 98.6 Å². The smallest absolute Gasteiger partial charge is 0.363 e. The van der Waals surface area contributed by atoms with Crippen LogP contribution in [-0.4, -0.2) is 28.3 Å². The van der Waals surface area contributed by atoms with E-state index in [1.165, 1.54) is 0 Å². The predicted octanol–water partition coefficient (Wildman–Crippen LogP) is 1.01. The zero-order chi connectivity index (χ0) is 12.4. The summed E-state index contributed by atoms with van der Waals surface area (Å²) in [6, 6.07) is 6.78. The molecule has 1 aromatic rings. The van der Waals surface area contributed by atoms with Crippen molar-refractivity contribution in [2.45, 2.75) is 26.0 Å². The van der Waals surface area contributed by atoms with Gasteiger partial charge in [-0.05, 0) is 19.1 Å². The van der Waals surface area contributed by atoms with Gasteiger partial charge in [-0.25, -0.2) is 4.79 Å². The van der Waals surface area contributed by atoms with Crippen LogP contribution < -0.4 is 0 Å². The monoisotopic (exact) mass is 235 g/mol. The van der Waals surface area contributed by atoms with E-state index in [9.17, 15) is 14.7 Å². The lowest BCUT2D eigenvalue weighted by Gasteiger charge is -2.18. The van der Waals surface area contributed by atoms with Crippen molar-refractivity contribution < 1.29 is 19.5 Å². The number of aliphatic hydroxyl groups is 1. The third-order valence-corrected chi connectivity index (χ3v) is 2.60.